The molecule has 6 heteroatoms. The van der Waals surface area contributed by atoms with Crippen LogP contribution < -0.4 is 10.6 Å². The predicted octanol–water partition coefficient (Wildman–Crippen LogP) is 2.76. The van der Waals surface area contributed by atoms with Crippen LogP contribution in [-0.4, -0.2) is 33.8 Å². The molecule has 2 amide bonds. The van der Waals surface area contributed by atoms with Crippen LogP contribution in [0.1, 0.15) is 35.5 Å². The maximum absolute atomic E-state index is 12.6. The van der Waals surface area contributed by atoms with Gasteiger partial charge >= 0.3 is 0 Å². The maximum Gasteiger partial charge on any atom is 0.251 e. The number of amides is 2. The Morgan fingerprint density at radius 3 is 2.68 bits per heavy atom. The summed E-state index contributed by atoms with van der Waals surface area (Å²) in [5, 5.41) is 5.78. The molecule has 146 valence electrons. The number of aromatic nitrogens is 2. The molecule has 0 spiro atoms. The second-order valence-corrected chi connectivity index (χ2v) is 7.30. The van der Waals surface area contributed by atoms with E-state index in [1.165, 1.54) is 0 Å². The molecule has 3 aromatic rings. The Balaban J connectivity index is 1.57. The number of hydrogen-bond acceptors (Lipinski definition) is 3. The quantitative estimate of drug-likeness (QED) is 0.664. The third-order valence-corrected chi connectivity index (χ3v) is 4.61. The Labute approximate surface area is 165 Å². The third-order valence-electron chi connectivity index (χ3n) is 4.61. The molecule has 0 saturated heterocycles. The number of nitrogens with zero attached hydrogens (tertiary/aromatic N) is 2. The van der Waals surface area contributed by atoms with Gasteiger partial charge in [-0.25, -0.2) is 4.98 Å². The molecule has 28 heavy (non-hydrogen) atoms. The van der Waals surface area contributed by atoms with E-state index in [1.807, 2.05) is 74.0 Å². The molecule has 1 aromatic carbocycles. The molecule has 2 N–H and O–H groups in total. The standard InChI is InChI=1S/C22H26N4O2/c1-15(2)20(25-21(27)17-8-6-7-16(3)13-17)22(28)23-11-10-18-14-26-12-5-4-9-19(26)24-18/h4-9,12-15,20H,10-11H2,1-3H3,(H,23,28)(H,25,27). The molecule has 6 nitrogen and oxygen atoms in total. The van der Waals surface area contributed by atoms with E-state index in [0.717, 1.165) is 16.9 Å². The van der Waals surface area contributed by atoms with Gasteiger partial charge in [-0.1, -0.05) is 37.6 Å². The van der Waals surface area contributed by atoms with Gasteiger partial charge in [-0.3, -0.25) is 9.59 Å². The van der Waals surface area contributed by atoms with Crippen molar-refractivity contribution in [3.05, 3.63) is 71.7 Å². The first kappa shape index (κ1) is 19.6. The van der Waals surface area contributed by atoms with Gasteiger partial charge in [-0.05, 0) is 37.1 Å². The summed E-state index contributed by atoms with van der Waals surface area (Å²) in [6.07, 6.45) is 4.53. The van der Waals surface area contributed by atoms with E-state index in [4.69, 9.17) is 0 Å². The van der Waals surface area contributed by atoms with Crippen molar-refractivity contribution in [2.45, 2.75) is 33.2 Å². The molecule has 3 rings (SSSR count). The number of pyridine rings is 1. The monoisotopic (exact) mass is 378 g/mol. The summed E-state index contributed by atoms with van der Waals surface area (Å²) in [5.74, 6) is -0.443. The molecule has 1 atom stereocenters. The fourth-order valence-electron chi connectivity index (χ4n) is 3.08. The largest absolute Gasteiger partial charge is 0.354 e. The van der Waals surface area contributed by atoms with Crippen LogP contribution in [0.3, 0.4) is 0 Å². The number of hydrogen-bond donors (Lipinski definition) is 2. The van der Waals surface area contributed by atoms with Gasteiger partial charge in [0.25, 0.3) is 5.91 Å². The third kappa shape index (κ3) is 4.76. The predicted molar refractivity (Wildman–Crippen MR) is 109 cm³/mol. The molecule has 2 aromatic heterocycles. The highest BCUT2D eigenvalue weighted by Crippen LogP contribution is 2.08. The number of benzene rings is 1. The lowest BCUT2D eigenvalue weighted by molar-refractivity contribution is -0.123. The van der Waals surface area contributed by atoms with Gasteiger partial charge in [0.2, 0.25) is 5.91 Å². The van der Waals surface area contributed by atoms with Crippen LogP contribution >= 0.6 is 0 Å². The lowest BCUT2D eigenvalue weighted by Gasteiger charge is -2.21. The summed E-state index contributed by atoms with van der Waals surface area (Å²) >= 11 is 0. The van der Waals surface area contributed by atoms with Crippen molar-refractivity contribution in [1.82, 2.24) is 20.0 Å². The summed E-state index contributed by atoms with van der Waals surface area (Å²) in [4.78, 5) is 29.7. The summed E-state index contributed by atoms with van der Waals surface area (Å²) in [7, 11) is 0. The molecule has 0 aliphatic heterocycles. The van der Waals surface area contributed by atoms with Crippen molar-refractivity contribution < 1.29 is 9.59 Å². The minimum absolute atomic E-state index is 0.0241. The lowest BCUT2D eigenvalue weighted by atomic mass is 10.0. The van der Waals surface area contributed by atoms with E-state index in [0.29, 0.717) is 18.5 Å². The zero-order valence-corrected chi connectivity index (χ0v) is 16.5. The van der Waals surface area contributed by atoms with Crippen LogP contribution in [0.5, 0.6) is 0 Å². The van der Waals surface area contributed by atoms with Gasteiger partial charge in [-0.2, -0.15) is 0 Å². The van der Waals surface area contributed by atoms with E-state index in [-0.39, 0.29) is 17.7 Å². The van der Waals surface area contributed by atoms with Crippen LogP contribution in [0, 0.1) is 12.8 Å². The van der Waals surface area contributed by atoms with Gasteiger partial charge < -0.3 is 15.0 Å². The van der Waals surface area contributed by atoms with Crippen molar-refractivity contribution in [2.75, 3.05) is 6.54 Å². The highest BCUT2D eigenvalue weighted by atomic mass is 16.2. The molecule has 0 aliphatic rings. The number of fused-ring (bicyclic) bond motifs is 1. The first-order valence-corrected chi connectivity index (χ1v) is 9.52. The smallest absolute Gasteiger partial charge is 0.251 e. The second kappa shape index (κ2) is 8.69. The van der Waals surface area contributed by atoms with Crippen LogP contribution in [0.25, 0.3) is 5.65 Å². The number of imidazole rings is 1. The minimum Gasteiger partial charge on any atom is -0.354 e. The molecule has 0 aliphatic carbocycles. The zero-order chi connectivity index (χ0) is 20.1. The fourth-order valence-corrected chi connectivity index (χ4v) is 3.08. The maximum atomic E-state index is 12.6. The fraction of sp³-hybridized carbons (Fsp3) is 0.318. The van der Waals surface area contributed by atoms with Crippen molar-refractivity contribution in [3.8, 4) is 0 Å². The van der Waals surface area contributed by atoms with Gasteiger partial charge in [-0.15, -0.1) is 0 Å². The van der Waals surface area contributed by atoms with Crippen LogP contribution in [-0.2, 0) is 11.2 Å². The number of rotatable bonds is 7. The summed E-state index contributed by atoms with van der Waals surface area (Å²) in [5.41, 5.74) is 3.36. The SMILES string of the molecule is Cc1cccc(C(=O)NC(C(=O)NCCc2cn3ccccc3n2)C(C)C)c1. The topological polar surface area (TPSA) is 75.5 Å². The van der Waals surface area contributed by atoms with E-state index in [2.05, 4.69) is 15.6 Å². The molecular formula is C22H26N4O2. The van der Waals surface area contributed by atoms with E-state index < -0.39 is 6.04 Å². The van der Waals surface area contributed by atoms with Crippen molar-refractivity contribution >= 4 is 17.5 Å². The van der Waals surface area contributed by atoms with Gasteiger partial charge in [0, 0.05) is 30.9 Å². The molecular weight excluding hydrogens is 352 g/mol. The molecule has 0 saturated carbocycles. The van der Waals surface area contributed by atoms with Gasteiger partial charge in [0.05, 0.1) is 5.69 Å². The molecule has 0 bridgehead atoms. The highest BCUT2D eigenvalue weighted by molar-refractivity contribution is 5.97. The molecule has 0 fully saturated rings. The average molecular weight is 378 g/mol. The van der Waals surface area contributed by atoms with Crippen LogP contribution in [0.4, 0.5) is 0 Å². The normalized spacial score (nSPS) is 12.1. The Morgan fingerprint density at radius 1 is 1.14 bits per heavy atom. The number of carbonyl (C=O) groups excluding carboxylic acids is 2. The van der Waals surface area contributed by atoms with Gasteiger partial charge in [0.1, 0.15) is 11.7 Å². The number of nitrogens with one attached hydrogen (secondary N) is 2. The summed E-state index contributed by atoms with van der Waals surface area (Å²) in [6.45, 7) is 6.24. The first-order valence-electron chi connectivity index (χ1n) is 9.52. The van der Waals surface area contributed by atoms with E-state index in [1.54, 1.807) is 6.07 Å². The van der Waals surface area contributed by atoms with Crippen molar-refractivity contribution in [1.29, 1.82) is 0 Å². The summed E-state index contributed by atoms with van der Waals surface area (Å²) in [6, 6.07) is 12.6. The van der Waals surface area contributed by atoms with Crippen molar-refractivity contribution in [3.63, 3.8) is 0 Å². The van der Waals surface area contributed by atoms with Gasteiger partial charge in [0.15, 0.2) is 0 Å². The zero-order valence-electron chi connectivity index (χ0n) is 16.5. The Hall–Kier alpha value is -3.15. The van der Waals surface area contributed by atoms with Crippen LogP contribution in [0.2, 0.25) is 0 Å². The molecule has 0 radical (unpaired) electrons. The molecule has 2 heterocycles. The van der Waals surface area contributed by atoms with Crippen LogP contribution in [0.15, 0.2) is 54.9 Å². The summed E-state index contributed by atoms with van der Waals surface area (Å²) < 4.78 is 1.95. The number of aryl methyl sites for hydroxylation is 1. The minimum atomic E-state index is -0.589. The highest BCUT2D eigenvalue weighted by Gasteiger charge is 2.24. The Morgan fingerprint density at radius 2 is 1.96 bits per heavy atom. The molecule has 1 unspecified atom stereocenters. The first-order chi connectivity index (χ1) is 13.4. The van der Waals surface area contributed by atoms with E-state index in [9.17, 15) is 9.59 Å². The van der Waals surface area contributed by atoms with E-state index >= 15 is 0 Å². The Bertz CT molecular complexity index is 944. The second-order valence-electron chi connectivity index (χ2n) is 7.30. The average Bonchev–Trinajstić information content (AvgIpc) is 3.08. The Kier molecular flexibility index (Phi) is 6.09. The lowest BCUT2D eigenvalue weighted by Crippen LogP contribution is -2.50. The van der Waals surface area contributed by atoms with Crippen molar-refractivity contribution in [2.24, 2.45) is 5.92 Å². The number of carbonyl (C=O) groups is 2.